The lowest BCUT2D eigenvalue weighted by molar-refractivity contribution is -0.128. The predicted molar refractivity (Wildman–Crippen MR) is 169 cm³/mol. The Labute approximate surface area is 253 Å². The molecular formula is C32H57N5O5. The van der Waals surface area contributed by atoms with Crippen LogP contribution >= 0.6 is 0 Å². The maximum absolute atomic E-state index is 12.5. The molecule has 1 atom stereocenters. The van der Waals surface area contributed by atoms with Gasteiger partial charge in [-0.25, -0.2) is 0 Å². The molecule has 0 aliphatic rings. The molecule has 0 aromatic heterocycles. The van der Waals surface area contributed by atoms with E-state index >= 15 is 0 Å². The number of hydrogen-bond donors (Lipinski definition) is 5. The Balaban J connectivity index is 2.27. The summed E-state index contributed by atoms with van der Waals surface area (Å²) < 4.78 is 5.77. The minimum Gasteiger partial charge on any atom is -0.494 e. The van der Waals surface area contributed by atoms with Crippen LogP contribution in [0.15, 0.2) is 24.3 Å². The number of nitrogens with zero attached hydrogens (tertiary/aromatic N) is 1. The van der Waals surface area contributed by atoms with Crippen molar-refractivity contribution in [3.05, 3.63) is 24.3 Å². The first-order chi connectivity index (χ1) is 20.3. The van der Waals surface area contributed by atoms with Crippen molar-refractivity contribution in [3.8, 4) is 5.75 Å². The molecule has 240 valence electrons. The minimum atomic E-state index is -0.978. The van der Waals surface area contributed by atoms with Crippen molar-refractivity contribution in [1.82, 2.24) is 20.9 Å². The van der Waals surface area contributed by atoms with Crippen molar-refractivity contribution >= 4 is 23.4 Å². The smallest absolute Gasteiger partial charge is 0.263 e. The number of anilines is 1. The highest BCUT2D eigenvalue weighted by molar-refractivity contribution is 5.89. The predicted octanol–water partition coefficient (Wildman–Crippen LogP) is 4.19. The van der Waals surface area contributed by atoms with E-state index in [0.717, 1.165) is 19.5 Å². The van der Waals surface area contributed by atoms with Gasteiger partial charge in [-0.1, -0.05) is 64.7 Å². The summed E-state index contributed by atoms with van der Waals surface area (Å²) in [7, 11) is 3.88. The number of carbonyl (C=O) groups excluding carboxylic acids is 3. The van der Waals surface area contributed by atoms with Crippen molar-refractivity contribution < 1.29 is 24.2 Å². The molecule has 0 bridgehead atoms. The van der Waals surface area contributed by atoms with Crippen molar-refractivity contribution in [2.75, 3.05) is 52.3 Å². The molecule has 1 aromatic rings. The fraction of sp³-hybridized carbons (Fsp3) is 0.719. The van der Waals surface area contributed by atoms with Crippen LogP contribution in [-0.4, -0.2) is 80.8 Å². The monoisotopic (exact) mass is 591 g/mol. The Hall–Kier alpha value is -2.85. The third-order valence-corrected chi connectivity index (χ3v) is 6.82. The third kappa shape index (κ3) is 20.1. The Morgan fingerprint density at radius 2 is 1.40 bits per heavy atom. The largest absolute Gasteiger partial charge is 0.494 e. The van der Waals surface area contributed by atoms with Crippen LogP contribution in [0.5, 0.6) is 5.75 Å². The maximum Gasteiger partial charge on any atom is 0.263 e. The zero-order valence-corrected chi connectivity index (χ0v) is 26.3. The van der Waals surface area contributed by atoms with Crippen molar-refractivity contribution in [2.24, 2.45) is 0 Å². The summed E-state index contributed by atoms with van der Waals surface area (Å²) >= 11 is 0. The first-order valence-corrected chi connectivity index (χ1v) is 15.9. The molecule has 0 saturated heterocycles. The molecule has 0 spiro atoms. The van der Waals surface area contributed by atoms with Gasteiger partial charge in [0.2, 0.25) is 11.8 Å². The second-order valence-electron chi connectivity index (χ2n) is 11.1. The van der Waals surface area contributed by atoms with E-state index in [-0.39, 0.29) is 25.0 Å². The zero-order chi connectivity index (χ0) is 30.8. The Morgan fingerprint density at radius 1 is 0.786 bits per heavy atom. The molecule has 10 heteroatoms. The molecular weight excluding hydrogens is 534 g/mol. The van der Waals surface area contributed by atoms with Crippen molar-refractivity contribution in [2.45, 2.75) is 103 Å². The van der Waals surface area contributed by atoms with E-state index in [4.69, 9.17) is 9.84 Å². The van der Waals surface area contributed by atoms with Crippen LogP contribution in [0.3, 0.4) is 0 Å². The van der Waals surface area contributed by atoms with Crippen LogP contribution in [0.4, 0.5) is 5.69 Å². The van der Waals surface area contributed by atoms with Gasteiger partial charge >= 0.3 is 0 Å². The van der Waals surface area contributed by atoms with Gasteiger partial charge in [0.1, 0.15) is 5.75 Å². The Kier molecular flexibility index (Phi) is 21.9. The van der Waals surface area contributed by atoms with Crippen LogP contribution in [0.2, 0.25) is 0 Å². The summed E-state index contributed by atoms with van der Waals surface area (Å²) in [4.78, 5) is 39.0. The van der Waals surface area contributed by atoms with E-state index in [2.05, 4.69) is 28.2 Å². The highest BCUT2D eigenvalue weighted by atomic mass is 16.5. The average Bonchev–Trinajstić information content (AvgIpc) is 2.97. The first-order valence-electron chi connectivity index (χ1n) is 15.9. The molecule has 42 heavy (non-hydrogen) atoms. The second kappa shape index (κ2) is 24.7. The van der Waals surface area contributed by atoms with Crippen LogP contribution < -0.4 is 26.0 Å². The standard InChI is InChI=1S/C32H57N5O5/c1-4-5-6-7-8-9-10-11-12-13-22-33-29(39)17-15-26-42-28-20-18-27(19-21-28)35-31(32(41)34-23-25-38)36-30(40)16-14-24-37(2)3/h18-21,31,35,38H,4-17,22-26H2,1-3H3,(H,33,39)(H,34,41)(H,36,40). The second-order valence-corrected chi connectivity index (χ2v) is 11.1. The van der Waals surface area contributed by atoms with Crippen LogP contribution in [0, 0.1) is 0 Å². The lowest BCUT2D eigenvalue weighted by atomic mass is 10.1. The first kappa shape index (κ1) is 37.2. The minimum absolute atomic E-state index is 0.0587. The van der Waals surface area contributed by atoms with Crippen LogP contribution in [-0.2, 0) is 14.4 Å². The molecule has 0 aliphatic heterocycles. The molecule has 0 fully saturated rings. The van der Waals surface area contributed by atoms with Gasteiger partial charge in [0.25, 0.3) is 5.91 Å². The molecule has 0 heterocycles. The average molecular weight is 592 g/mol. The van der Waals surface area contributed by atoms with Gasteiger partial charge in [0, 0.05) is 31.6 Å². The van der Waals surface area contributed by atoms with E-state index in [1.807, 2.05) is 19.0 Å². The summed E-state index contributed by atoms with van der Waals surface area (Å²) in [5, 5.41) is 20.4. The van der Waals surface area contributed by atoms with Crippen molar-refractivity contribution in [1.29, 1.82) is 0 Å². The number of benzene rings is 1. The van der Waals surface area contributed by atoms with Crippen molar-refractivity contribution in [3.63, 3.8) is 0 Å². The molecule has 0 radical (unpaired) electrons. The quantitative estimate of drug-likeness (QED) is 0.0806. The molecule has 0 aliphatic carbocycles. The number of unbranched alkanes of at least 4 members (excludes halogenated alkanes) is 9. The topological polar surface area (TPSA) is 132 Å². The maximum atomic E-state index is 12.5. The molecule has 3 amide bonds. The molecule has 10 nitrogen and oxygen atoms in total. The van der Waals surface area contributed by atoms with Gasteiger partial charge in [-0.15, -0.1) is 0 Å². The summed E-state index contributed by atoms with van der Waals surface area (Å²) in [6.07, 6.45) is 13.8. The number of ether oxygens (including phenoxy) is 1. The van der Waals surface area contributed by atoms with Gasteiger partial charge in [-0.3, -0.25) is 14.4 Å². The molecule has 1 rings (SSSR count). The molecule has 5 N–H and O–H groups in total. The SMILES string of the molecule is CCCCCCCCCCCCNC(=O)CCCOc1ccc(NC(NC(=O)CCCN(C)C)C(=O)NCCO)cc1. The van der Waals surface area contributed by atoms with E-state index in [1.54, 1.807) is 24.3 Å². The lowest BCUT2D eigenvalue weighted by Gasteiger charge is -2.21. The van der Waals surface area contributed by atoms with E-state index in [9.17, 15) is 14.4 Å². The van der Waals surface area contributed by atoms with E-state index in [1.165, 1.54) is 57.8 Å². The van der Waals surface area contributed by atoms with Gasteiger partial charge in [0.05, 0.1) is 13.2 Å². The summed E-state index contributed by atoms with van der Waals surface area (Å²) in [5.41, 5.74) is 0.631. The van der Waals surface area contributed by atoms with E-state index < -0.39 is 12.1 Å². The highest BCUT2D eigenvalue weighted by Crippen LogP contribution is 2.17. The normalized spacial score (nSPS) is 11.6. The Bertz CT molecular complexity index is 850. The number of aliphatic hydroxyl groups excluding tert-OH is 1. The summed E-state index contributed by atoms with van der Waals surface area (Å²) in [6.45, 7) is 4.08. The number of aliphatic hydroxyl groups is 1. The molecule has 0 saturated carbocycles. The van der Waals surface area contributed by atoms with Crippen LogP contribution in [0.25, 0.3) is 0 Å². The number of rotatable bonds is 26. The molecule has 1 aromatic carbocycles. The molecule has 1 unspecified atom stereocenters. The number of amides is 3. The summed E-state index contributed by atoms with van der Waals surface area (Å²) in [5.74, 6) is 0.0430. The van der Waals surface area contributed by atoms with Crippen LogP contribution in [0.1, 0.15) is 96.8 Å². The van der Waals surface area contributed by atoms with Gasteiger partial charge in [-0.05, 0) is 64.2 Å². The van der Waals surface area contributed by atoms with Gasteiger partial charge in [0.15, 0.2) is 6.17 Å². The highest BCUT2D eigenvalue weighted by Gasteiger charge is 2.20. The fourth-order valence-corrected chi connectivity index (χ4v) is 4.40. The third-order valence-electron chi connectivity index (χ3n) is 6.82. The number of carbonyl (C=O) groups is 3. The van der Waals surface area contributed by atoms with Gasteiger partial charge in [-0.2, -0.15) is 0 Å². The number of hydrogen-bond acceptors (Lipinski definition) is 7. The van der Waals surface area contributed by atoms with E-state index in [0.29, 0.717) is 43.7 Å². The summed E-state index contributed by atoms with van der Waals surface area (Å²) in [6, 6.07) is 7.07. The number of nitrogens with one attached hydrogen (secondary N) is 4. The van der Waals surface area contributed by atoms with Gasteiger partial charge < -0.3 is 36.0 Å². The Morgan fingerprint density at radius 3 is 2.02 bits per heavy atom. The lowest BCUT2D eigenvalue weighted by Crippen LogP contribution is -2.51. The zero-order valence-electron chi connectivity index (χ0n) is 26.3. The fourth-order valence-electron chi connectivity index (χ4n) is 4.40.